The molecular weight excluding hydrogens is 436 g/mol. The monoisotopic (exact) mass is 474 g/mol. The maximum atomic E-state index is 12.5. The number of carbonyl (C=O) groups excluding carboxylic acids is 2. The quantitative estimate of drug-likeness (QED) is 0.210. The summed E-state index contributed by atoms with van der Waals surface area (Å²) >= 11 is 0. The van der Waals surface area contributed by atoms with Gasteiger partial charge in [0.25, 0.3) is 0 Å². The fraction of sp³-hybridized carbons (Fsp3) is 0.818. The number of esters is 1. The number of aliphatic hydroxyl groups excluding tert-OH is 3. The zero-order chi connectivity index (χ0) is 24.8. The van der Waals surface area contributed by atoms with Crippen LogP contribution in [0.15, 0.2) is 11.6 Å². The third-order valence-electron chi connectivity index (χ3n) is 6.06. The van der Waals surface area contributed by atoms with Crippen molar-refractivity contribution >= 4 is 11.9 Å². The first kappa shape index (κ1) is 27.6. The minimum atomic E-state index is -2.18. The molecule has 0 aromatic rings. The van der Waals surface area contributed by atoms with Crippen LogP contribution >= 0.6 is 0 Å². The summed E-state index contributed by atoms with van der Waals surface area (Å²) < 4.78 is 16.6. The molecule has 6 N–H and O–H groups in total. The highest BCUT2D eigenvalue weighted by molar-refractivity contribution is 5.89. The van der Waals surface area contributed by atoms with Gasteiger partial charge in [-0.05, 0) is 32.3 Å². The average molecular weight is 475 g/mol. The molecule has 1 fully saturated rings. The third kappa shape index (κ3) is 6.95. The highest BCUT2D eigenvalue weighted by atomic mass is 16.6. The number of carbonyl (C=O) groups is 2. The van der Waals surface area contributed by atoms with E-state index in [4.69, 9.17) is 14.2 Å². The second-order valence-corrected chi connectivity index (χ2v) is 8.53. The number of hydrogen-bond donors (Lipinski definition) is 6. The van der Waals surface area contributed by atoms with Gasteiger partial charge in [0.15, 0.2) is 0 Å². The number of aliphatic hydroxyl groups is 4. The molecule has 0 spiro atoms. The smallest absolute Gasteiger partial charge is 0.333 e. The van der Waals surface area contributed by atoms with Crippen molar-refractivity contribution in [1.29, 1.82) is 0 Å². The van der Waals surface area contributed by atoms with Crippen molar-refractivity contribution in [2.45, 2.75) is 95.3 Å². The molecule has 1 saturated heterocycles. The summed E-state index contributed by atoms with van der Waals surface area (Å²) in [7, 11) is 0. The second-order valence-electron chi connectivity index (χ2n) is 8.53. The Morgan fingerprint density at radius 2 is 1.91 bits per heavy atom. The van der Waals surface area contributed by atoms with Gasteiger partial charge in [0.05, 0.1) is 38.0 Å². The van der Waals surface area contributed by atoms with Gasteiger partial charge in [-0.15, -0.1) is 0 Å². The summed E-state index contributed by atoms with van der Waals surface area (Å²) in [6, 6.07) is -1.19. The number of nitrogens with one attached hydrogen (secondary N) is 2. The molecule has 1 heterocycles. The first-order valence-corrected chi connectivity index (χ1v) is 11.5. The Labute approximate surface area is 194 Å². The van der Waals surface area contributed by atoms with E-state index in [2.05, 4.69) is 10.6 Å². The van der Waals surface area contributed by atoms with E-state index in [-0.39, 0.29) is 38.2 Å². The Morgan fingerprint density at radius 3 is 2.48 bits per heavy atom. The highest BCUT2D eigenvalue weighted by Crippen LogP contribution is 2.27. The molecule has 190 valence electrons. The number of rotatable bonds is 10. The minimum Gasteiger partial charge on any atom is -0.463 e. The van der Waals surface area contributed by atoms with E-state index < -0.39 is 48.3 Å². The zero-order valence-corrected chi connectivity index (χ0v) is 19.7. The minimum absolute atomic E-state index is 0.103. The van der Waals surface area contributed by atoms with Crippen molar-refractivity contribution in [2.75, 3.05) is 19.8 Å². The summed E-state index contributed by atoms with van der Waals surface area (Å²) in [4.78, 5) is 24.5. The van der Waals surface area contributed by atoms with E-state index in [9.17, 15) is 30.0 Å². The first-order chi connectivity index (χ1) is 15.6. The molecule has 33 heavy (non-hydrogen) atoms. The van der Waals surface area contributed by atoms with E-state index in [1.807, 2.05) is 13.8 Å². The molecule has 0 radical (unpaired) electrons. The van der Waals surface area contributed by atoms with Crippen LogP contribution < -0.4 is 10.6 Å². The van der Waals surface area contributed by atoms with E-state index in [0.717, 1.165) is 12.8 Å². The first-order valence-electron chi connectivity index (χ1n) is 11.5. The van der Waals surface area contributed by atoms with Crippen LogP contribution in [0.5, 0.6) is 0 Å². The Balaban J connectivity index is 2.29. The summed E-state index contributed by atoms with van der Waals surface area (Å²) in [5, 5.41) is 46.5. The maximum absolute atomic E-state index is 12.5. The molecule has 0 saturated carbocycles. The van der Waals surface area contributed by atoms with Crippen molar-refractivity contribution in [3.8, 4) is 0 Å². The molecule has 11 nitrogen and oxygen atoms in total. The molecule has 2 aliphatic rings. The van der Waals surface area contributed by atoms with E-state index in [1.165, 1.54) is 6.92 Å². The molecule has 1 aliphatic carbocycles. The number of hydrogen-bond acceptors (Lipinski definition) is 10. The van der Waals surface area contributed by atoms with Crippen molar-refractivity contribution in [3.63, 3.8) is 0 Å². The van der Waals surface area contributed by atoms with Crippen molar-refractivity contribution in [1.82, 2.24) is 10.6 Å². The second kappa shape index (κ2) is 12.2. The molecule has 1 amide bonds. The molecule has 11 heteroatoms. The van der Waals surface area contributed by atoms with Gasteiger partial charge in [-0.3, -0.25) is 4.79 Å². The number of ether oxygens (including phenoxy) is 3. The van der Waals surface area contributed by atoms with Crippen LogP contribution in [0, 0.1) is 0 Å². The lowest BCUT2D eigenvalue weighted by molar-refractivity contribution is -0.318. The molecule has 0 aromatic heterocycles. The fourth-order valence-electron chi connectivity index (χ4n) is 4.11. The zero-order valence-electron chi connectivity index (χ0n) is 19.7. The Kier molecular flexibility index (Phi) is 10.2. The highest BCUT2D eigenvalue weighted by Gasteiger charge is 2.49. The lowest BCUT2D eigenvalue weighted by Gasteiger charge is -2.44. The van der Waals surface area contributed by atoms with Crippen LogP contribution in [-0.2, 0) is 23.8 Å². The van der Waals surface area contributed by atoms with Gasteiger partial charge in [0.2, 0.25) is 11.7 Å². The largest absolute Gasteiger partial charge is 0.463 e. The lowest BCUT2D eigenvalue weighted by Crippen LogP contribution is -2.67. The van der Waals surface area contributed by atoms with Crippen LogP contribution in [0.3, 0.4) is 0 Å². The van der Waals surface area contributed by atoms with Gasteiger partial charge < -0.3 is 45.3 Å². The van der Waals surface area contributed by atoms with Crippen LogP contribution in [0.4, 0.5) is 0 Å². The molecule has 1 aliphatic heterocycles. The standard InChI is InChI=1S/C22H38N2O9/c1-5-14(6-2)33-17-9-13(21(29)31-7-3)8-15(18(17)24-12(4)25)23-11-22(30)20(28)19(27)16(26)10-32-22/h9,14-20,23,26-28,30H,5-8,10-11H2,1-4H3,(H,24,25)/t15-,16-,17+,18+,19+,20-,22?/m0/s1. The topological polar surface area (TPSA) is 167 Å². The van der Waals surface area contributed by atoms with Gasteiger partial charge in [0.1, 0.15) is 18.3 Å². The molecule has 0 bridgehead atoms. The van der Waals surface area contributed by atoms with Crippen LogP contribution in [0.25, 0.3) is 0 Å². The van der Waals surface area contributed by atoms with Gasteiger partial charge in [-0.2, -0.15) is 0 Å². The Hall–Kier alpha value is -1.60. The van der Waals surface area contributed by atoms with Gasteiger partial charge in [-0.25, -0.2) is 4.79 Å². The van der Waals surface area contributed by atoms with Crippen LogP contribution in [-0.4, -0.2) is 100 Å². The van der Waals surface area contributed by atoms with Crippen LogP contribution in [0.1, 0.15) is 47.0 Å². The van der Waals surface area contributed by atoms with E-state index in [1.54, 1.807) is 13.0 Å². The maximum Gasteiger partial charge on any atom is 0.333 e. The number of amides is 1. The molecule has 0 aromatic carbocycles. The van der Waals surface area contributed by atoms with E-state index >= 15 is 0 Å². The van der Waals surface area contributed by atoms with E-state index in [0.29, 0.717) is 5.57 Å². The van der Waals surface area contributed by atoms with Crippen LogP contribution in [0.2, 0.25) is 0 Å². The third-order valence-corrected chi connectivity index (χ3v) is 6.06. The molecule has 1 unspecified atom stereocenters. The summed E-state index contributed by atoms with van der Waals surface area (Å²) in [6.07, 6.45) is -2.16. The van der Waals surface area contributed by atoms with Gasteiger partial charge in [0, 0.05) is 18.5 Å². The fourth-order valence-corrected chi connectivity index (χ4v) is 4.11. The Bertz CT molecular complexity index is 699. The SMILES string of the molecule is CCOC(=O)C1=C[C@@H](OC(CC)CC)[C@H](NC(C)=O)[C@@H](NCC2(O)OC[C@H](O)[C@@H](O)[C@@H]2O)C1. The van der Waals surface area contributed by atoms with Gasteiger partial charge >= 0.3 is 5.97 Å². The molecular formula is C22H38N2O9. The molecule has 2 rings (SSSR count). The molecule has 7 atom stereocenters. The normalized spacial score (nSPS) is 34.6. The average Bonchev–Trinajstić information content (AvgIpc) is 2.78. The van der Waals surface area contributed by atoms with Crippen molar-refractivity contribution < 1.29 is 44.2 Å². The summed E-state index contributed by atoms with van der Waals surface area (Å²) in [5.41, 5.74) is 0.361. The van der Waals surface area contributed by atoms with Crippen molar-refractivity contribution in [2.24, 2.45) is 0 Å². The predicted octanol–water partition coefficient (Wildman–Crippen LogP) is -1.28. The van der Waals surface area contributed by atoms with Gasteiger partial charge in [-0.1, -0.05) is 13.8 Å². The Morgan fingerprint density at radius 1 is 1.24 bits per heavy atom. The van der Waals surface area contributed by atoms with Crippen molar-refractivity contribution in [3.05, 3.63) is 11.6 Å². The summed E-state index contributed by atoms with van der Waals surface area (Å²) in [5.74, 6) is -2.99. The lowest BCUT2D eigenvalue weighted by atomic mass is 9.86. The summed E-state index contributed by atoms with van der Waals surface area (Å²) in [6.45, 7) is 6.51. The predicted molar refractivity (Wildman–Crippen MR) is 117 cm³/mol.